The summed E-state index contributed by atoms with van der Waals surface area (Å²) in [5.74, 6) is -1.65. The molecule has 6 nitrogen and oxygen atoms in total. The van der Waals surface area contributed by atoms with Gasteiger partial charge in [-0.25, -0.2) is 0 Å². The number of benzene rings is 1. The molecule has 0 saturated heterocycles. The molecule has 0 fully saturated rings. The molecule has 2 amide bonds. The molecule has 1 aromatic rings. The van der Waals surface area contributed by atoms with E-state index in [1.165, 1.54) is 14.0 Å². The van der Waals surface area contributed by atoms with E-state index >= 15 is 0 Å². The van der Waals surface area contributed by atoms with Gasteiger partial charge in [0.1, 0.15) is 6.54 Å². The lowest BCUT2D eigenvalue weighted by atomic mass is 10.0. The highest BCUT2D eigenvalue weighted by Gasteiger charge is 2.20. The summed E-state index contributed by atoms with van der Waals surface area (Å²) in [5, 5.41) is 11.4. The predicted molar refractivity (Wildman–Crippen MR) is 72.9 cm³/mol. The SMILES string of the molecule is CC(=O)NC(CC(=O)N(C)CC(=O)O)c1ccccc1. The van der Waals surface area contributed by atoms with E-state index in [0.29, 0.717) is 0 Å². The summed E-state index contributed by atoms with van der Waals surface area (Å²) >= 11 is 0. The zero-order valence-electron chi connectivity index (χ0n) is 11.5. The molecule has 20 heavy (non-hydrogen) atoms. The Bertz CT molecular complexity index is 487. The topological polar surface area (TPSA) is 86.7 Å². The van der Waals surface area contributed by atoms with Crippen molar-refractivity contribution in [3.63, 3.8) is 0 Å². The van der Waals surface area contributed by atoms with Crippen molar-refractivity contribution in [1.29, 1.82) is 0 Å². The zero-order valence-corrected chi connectivity index (χ0v) is 11.5. The Morgan fingerprint density at radius 3 is 2.35 bits per heavy atom. The Hall–Kier alpha value is -2.37. The molecule has 0 aliphatic rings. The lowest BCUT2D eigenvalue weighted by Gasteiger charge is -2.21. The van der Waals surface area contributed by atoms with Gasteiger partial charge >= 0.3 is 5.97 Å². The van der Waals surface area contributed by atoms with Gasteiger partial charge in [-0.05, 0) is 5.56 Å². The summed E-state index contributed by atoms with van der Waals surface area (Å²) < 4.78 is 0. The second-order valence-corrected chi connectivity index (χ2v) is 4.51. The first-order valence-electron chi connectivity index (χ1n) is 6.18. The van der Waals surface area contributed by atoms with Crippen molar-refractivity contribution < 1.29 is 19.5 Å². The highest BCUT2D eigenvalue weighted by molar-refractivity contribution is 5.82. The van der Waals surface area contributed by atoms with Crippen LogP contribution < -0.4 is 5.32 Å². The van der Waals surface area contributed by atoms with Crippen LogP contribution in [0.1, 0.15) is 24.9 Å². The second kappa shape index (κ2) is 7.28. The van der Waals surface area contributed by atoms with E-state index in [-0.39, 0.29) is 24.8 Å². The van der Waals surface area contributed by atoms with Crippen LogP contribution in [-0.4, -0.2) is 41.4 Å². The molecule has 0 heterocycles. The van der Waals surface area contributed by atoms with Gasteiger partial charge in [0.15, 0.2) is 0 Å². The van der Waals surface area contributed by atoms with Crippen LogP contribution in [0.25, 0.3) is 0 Å². The van der Waals surface area contributed by atoms with E-state index in [1.807, 2.05) is 30.3 Å². The number of carbonyl (C=O) groups is 3. The Labute approximate surface area is 117 Å². The third-order valence-electron chi connectivity index (χ3n) is 2.76. The van der Waals surface area contributed by atoms with E-state index in [4.69, 9.17) is 5.11 Å². The largest absolute Gasteiger partial charge is 0.480 e. The number of nitrogens with one attached hydrogen (secondary N) is 1. The minimum Gasteiger partial charge on any atom is -0.480 e. The van der Waals surface area contributed by atoms with Crippen LogP contribution >= 0.6 is 0 Å². The number of rotatable bonds is 6. The number of hydrogen-bond donors (Lipinski definition) is 2. The highest BCUT2D eigenvalue weighted by Crippen LogP contribution is 2.17. The van der Waals surface area contributed by atoms with Gasteiger partial charge in [-0.15, -0.1) is 0 Å². The summed E-state index contributed by atoms with van der Waals surface area (Å²) in [6, 6.07) is 8.63. The number of aliphatic carboxylic acids is 1. The van der Waals surface area contributed by atoms with Crippen molar-refractivity contribution >= 4 is 17.8 Å². The third-order valence-corrected chi connectivity index (χ3v) is 2.76. The van der Waals surface area contributed by atoms with Gasteiger partial charge in [0, 0.05) is 14.0 Å². The fourth-order valence-electron chi connectivity index (χ4n) is 1.80. The quantitative estimate of drug-likeness (QED) is 0.805. The van der Waals surface area contributed by atoms with Gasteiger partial charge < -0.3 is 15.3 Å². The van der Waals surface area contributed by atoms with Gasteiger partial charge in [-0.1, -0.05) is 30.3 Å². The molecule has 0 radical (unpaired) electrons. The molecule has 108 valence electrons. The van der Waals surface area contributed by atoms with Crippen LogP contribution in [0.3, 0.4) is 0 Å². The smallest absolute Gasteiger partial charge is 0.323 e. The van der Waals surface area contributed by atoms with E-state index in [9.17, 15) is 14.4 Å². The van der Waals surface area contributed by atoms with Gasteiger partial charge in [-0.3, -0.25) is 14.4 Å². The van der Waals surface area contributed by atoms with Crippen LogP contribution in [0, 0.1) is 0 Å². The Morgan fingerprint density at radius 2 is 1.85 bits per heavy atom. The summed E-state index contributed by atoms with van der Waals surface area (Å²) in [5.41, 5.74) is 0.805. The van der Waals surface area contributed by atoms with Gasteiger partial charge in [-0.2, -0.15) is 0 Å². The van der Waals surface area contributed by atoms with Crippen molar-refractivity contribution in [2.24, 2.45) is 0 Å². The zero-order chi connectivity index (χ0) is 15.1. The standard InChI is InChI=1S/C14H18N2O4/c1-10(17)15-12(11-6-4-3-5-7-11)8-13(18)16(2)9-14(19)20/h3-7,12H,8-9H2,1-2H3,(H,15,17)(H,19,20). The summed E-state index contributed by atoms with van der Waals surface area (Å²) in [6.07, 6.45) is 0.0212. The molecular formula is C14H18N2O4. The molecular weight excluding hydrogens is 260 g/mol. The van der Waals surface area contributed by atoms with Crippen molar-refractivity contribution in [2.75, 3.05) is 13.6 Å². The molecule has 0 bridgehead atoms. The minimum absolute atomic E-state index is 0.0212. The number of amides is 2. The first-order valence-corrected chi connectivity index (χ1v) is 6.18. The molecule has 2 N–H and O–H groups in total. The molecule has 0 spiro atoms. The number of carboxylic acid groups (broad SMARTS) is 1. The van der Waals surface area contributed by atoms with Crippen molar-refractivity contribution in [3.8, 4) is 0 Å². The van der Waals surface area contributed by atoms with Crippen molar-refractivity contribution in [3.05, 3.63) is 35.9 Å². The van der Waals surface area contributed by atoms with E-state index in [1.54, 1.807) is 0 Å². The van der Waals surface area contributed by atoms with E-state index in [2.05, 4.69) is 5.32 Å². The fourth-order valence-corrected chi connectivity index (χ4v) is 1.80. The van der Waals surface area contributed by atoms with Crippen molar-refractivity contribution in [2.45, 2.75) is 19.4 Å². The maximum absolute atomic E-state index is 12.0. The molecule has 6 heteroatoms. The normalized spacial score (nSPS) is 11.5. The summed E-state index contributed by atoms with van der Waals surface area (Å²) in [6.45, 7) is 1.02. The van der Waals surface area contributed by atoms with Gasteiger partial charge in [0.25, 0.3) is 0 Å². The maximum Gasteiger partial charge on any atom is 0.323 e. The molecule has 1 unspecified atom stereocenters. The summed E-state index contributed by atoms with van der Waals surface area (Å²) in [7, 11) is 1.42. The highest BCUT2D eigenvalue weighted by atomic mass is 16.4. The Morgan fingerprint density at radius 1 is 1.25 bits per heavy atom. The summed E-state index contributed by atoms with van der Waals surface area (Å²) in [4.78, 5) is 34.9. The first-order chi connectivity index (χ1) is 9.40. The van der Waals surface area contributed by atoms with E-state index < -0.39 is 12.0 Å². The Kier molecular flexibility index (Phi) is 5.71. The lowest BCUT2D eigenvalue weighted by molar-refractivity contribution is -0.143. The monoisotopic (exact) mass is 278 g/mol. The average Bonchev–Trinajstić information content (AvgIpc) is 2.37. The second-order valence-electron chi connectivity index (χ2n) is 4.51. The fraction of sp³-hybridized carbons (Fsp3) is 0.357. The average molecular weight is 278 g/mol. The molecule has 0 saturated carbocycles. The van der Waals surface area contributed by atoms with Crippen LogP contribution in [0.4, 0.5) is 0 Å². The Balaban J connectivity index is 2.78. The van der Waals surface area contributed by atoms with Crippen LogP contribution in [-0.2, 0) is 14.4 Å². The number of hydrogen-bond acceptors (Lipinski definition) is 3. The number of carbonyl (C=O) groups excluding carboxylic acids is 2. The number of nitrogens with zero attached hydrogens (tertiary/aromatic N) is 1. The van der Waals surface area contributed by atoms with Crippen LogP contribution in [0.15, 0.2) is 30.3 Å². The first kappa shape index (κ1) is 15.7. The van der Waals surface area contributed by atoms with Crippen LogP contribution in [0.2, 0.25) is 0 Å². The van der Waals surface area contributed by atoms with Gasteiger partial charge in [0.05, 0.1) is 12.5 Å². The predicted octanol–water partition coefficient (Wildman–Crippen LogP) is 0.797. The molecule has 1 rings (SSSR count). The van der Waals surface area contributed by atoms with Crippen LogP contribution in [0.5, 0.6) is 0 Å². The number of carboxylic acids is 1. The molecule has 0 aliphatic heterocycles. The molecule has 1 atom stereocenters. The van der Waals surface area contributed by atoms with E-state index in [0.717, 1.165) is 10.5 Å². The molecule has 1 aromatic carbocycles. The van der Waals surface area contributed by atoms with Crippen molar-refractivity contribution in [1.82, 2.24) is 10.2 Å². The number of likely N-dealkylation sites (N-methyl/N-ethyl adjacent to an activating group) is 1. The third kappa shape index (κ3) is 5.09. The minimum atomic E-state index is -1.07. The van der Waals surface area contributed by atoms with Gasteiger partial charge in [0.2, 0.25) is 11.8 Å². The lowest BCUT2D eigenvalue weighted by Crippen LogP contribution is -2.36. The molecule has 0 aliphatic carbocycles. The maximum atomic E-state index is 12.0. The molecule has 0 aromatic heterocycles.